The van der Waals surface area contributed by atoms with E-state index < -0.39 is 0 Å². The van der Waals surface area contributed by atoms with Gasteiger partial charge >= 0.3 is 0 Å². The van der Waals surface area contributed by atoms with E-state index >= 15 is 0 Å². The van der Waals surface area contributed by atoms with E-state index in [2.05, 4.69) is 25.5 Å². The van der Waals surface area contributed by atoms with Crippen molar-refractivity contribution in [1.82, 2.24) is 14.9 Å². The Balaban J connectivity index is 2.61. The highest BCUT2D eigenvalue weighted by Crippen LogP contribution is 2.11. The van der Waals surface area contributed by atoms with E-state index in [0.29, 0.717) is 6.54 Å². The van der Waals surface area contributed by atoms with E-state index in [-0.39, 0.29) is 5.54 Å². The minimum absolute atomic E-state index is 0.266. The van der Waals surface area contributed by atoms with Gasteiger partial charge < -0.3 is 21.3 Å². The lowest BCUT2D eigenvalue weighted by atomic mass is 10.1. The lowest BCUT2D eigenvalue weighted by Crippen LogP contribution is -2.39. The van der Waals surface area contributed by atoms with E-state index in [4.69, 9.17) is 5.73 Å². The molecule has 0 unspecified atom stereocenters. The Bertz CT molecular complexity index is 397. The van der Waals surface area contributed by atoms with Crippen molar-refractivity contribution in [2.45, 2.75) is 26.3 Å². The van der Waals surface area contributed by atoms with Gasteiger partial charge in [-0.3, -0.25) is 0 Å². The van der Waals surface area contributed by atoms with Crippen LogP contribution in [0.3, 0.4) is 0 Å². The number of nitrogens with zero attached hydrogens (tertiary/aromatic N) is 3. The van der Waals surface area contributed by atoms with Gasteiger partial charge in [-0.05, 0) is 34.9 Å². The molecule has 0 saturated heterocycles. The monoisotopic (exact) mass is 266 g/mol. The molecule has 0 radical (unpaired) electrons. The summed E-state index contributed by atoms with van der Waals surface area (Å²) in [5.74, 6) is 2.39. The zero-order valence-corrected chi connectivity index (χ0v) is 12.6. The predicted molar refractivity (Wildman–Crippen MR) is 80.6 cm³/mol. The molecule has 108 valence electrons. The van der Waals surface area contributed by atoms with Crippen molar-refractivity contribution in [3.63, 3.8) is 0 Å². The second kappa shape index (κ2) is 6.68. The Morgan fingerprint density at radius 2 is 1.79 bits per heavy atom. The second-order valence-electron chi connectivity index (χ2n) is 5.76. The Morgan fingerprint density at radius 3 is 2.32 bits per heavy atom. The van der Waals surface area contributed by atoms with Crippen LogP contribution >= 0.6 is 0 Å². The van der Waals surface area contributed by atoms with Crippen LogP contribution < -0.4 is 16.4 Å². The Labute approximate surface area is 115 Å². The molecule has 0 fully saturated rings. The maximum Gasteiger partial charge on any atom is 0.131 e. The second-order valence-corrected chi connectivity index (χ2v) is 5.76. The van der Waals surface area contributed by atoms with Gasteiger partial charge in [0, 0.05) is 31.2 Å². The molecule has 1 aromatic heterocycles. The molecule has 1 heterocycles. The first kappa shape index (κ1) is 15.7. The fourth-order valence-electron chi connectivity index (χ4n) is 1.47. The normalized spacial score (nSPS) is 11.7. The summed E-state index contributed by atoms with van der Waals surface area (Å²) in [6, 6.07) is 1.91. The van der Waals surface area contributed by atoms with Gasteiger partial charge in [-0.1, -0.05) is 0 Å². The highest BCUT2D eigenvalue weighted by Gasteiger charge is 2.10. The van der Waals surface area contributed by atoms with Gasteiger partial charge in [-0.2, -0.15) is 0 Å². The van der Waals surface area contributed by atoms with E-state index in [1.807, 2.05) is 40.9 Å². The summed E-state index contributed by atoms with van der Waals surface area (Å²) in [5, 5.41) is 6.53. The summed E-state index contributed by atoms with van der Waals surface area (Å²) in [6.07, 6.45) is 0. The molecular formula is C13H26N6. The van der Waals surface area contributed by atoms with Crippen molar-refractivity contribution in [2.75, 3.05) is 44.4 Å². The van der Waals surface area contributed by atoms with Gasteiger partial charge in [0.1, 0.15) is 17.5 Å². The molecule has 6 heteroatoms. The first-order valence-corrected chi connectivity index (χ1v) is 6.53. The third-order valence-corrected chi connectivity index (χ3v) is 2.43. The van der Waals surface area contributed by atoms with Crippen LogP contribution in [0, 0.1) is 6.92 Å². The highest BCUT2D eigenvalue weighted by molar-refractivity contribution is 5.47. The van der Waals surface area contributed by atoms with Gasteiger partial charge in [0.25, 0.3) is 0 Å². The van der Waals surface area contributed by atoms with Crippen LogP contribution in [0.1, 0.15) is 19.7 Å². The molecule has 0 aliphatic rings. The lowest BCUT2D eigenvalue weighted by molar-refractivity contribution is 0.425. The molecule has 0 bridgehead atoms. The molecule has 0 spiro atoms. The Hall–Kier alpha value is -1.40. The molecule has 0 atom stereocenters. The summed E-state index contributed by atoms with van der Waals surface area (Å²) in [6.45, 7) is 8.32. The number of nitrogens with one attached hydrogen (secondary N) is 2. The van der Waals surface area contributed by atoms with Crippen molar-refractivity contribution in [1.29, 1.82) is 0 Å². The largest absolute Gasteiger partial charge is 0.369 e. The third-order valence-electron chi connectivity index (χ3n) is 2.43. The summed E-state index contributed by atoms with van der Waals surface area (Å²) < 4.78 is 0. The van der Waals surface area contributed by atoms with Gasteiger partial charge in [0.15, 0.2) is 0 Å². The standard InChI is InChI=1S/C13H26N6/c1-10-17-11(15-6-7-19(4)5)8-12(18-10)16-9-13(2,3)14/h8H,6-7,9,14H2,1-5H3,(H2,15,16,17,18). The molecule has 0 aromatic carbocycles. The number of likely N-dealkylation sites (N-methyl/N-ethyl adjacent to an activating group) is 1. The first-order valence-electron chi connectivity index (χ1n) is 6.53. The number of aryl methyl sites for hydroxylation is 1. The average molecular weight is 266 g/mol. The zero-order valence-electron chi connectivity index (χ0n) is 12.6. The molecule has 1 rings (SSSR count). The Kier molecular flexibility index (Phi) is 5.50. The first-order chi connectivity index (χ1) is 8.76. The zero-order chi connectivity index (χ0) is 14.5. The number of aromatic nitrogens is 2. The topological polar surface area (TPSA) is 79.1 Å². The van der Waals surface area contributed by atoms with E-state index in [9.17, 15) is 0 Å². The summed E-state index contributed by atoms with van der Waals surface area (Å²) >= 11 is 0. The maximum atomic E-state index is 5.95. The van der Waals surface area contributed by atoms with Crippen LogP contribution in [0.2, 0.25) is 0 Å². The number of hydrogen-bond donors (Lipinski definition) is 3. The van der Waals surface area contributed by atoms with Gasteiger partial charge in [-0.15, -0.1) is 0 Å². The molecule has 19 heavy (non-hydrogen) atoms. The van der Waals surface area contributed by atoms with Crippen LogP contribution in [0.4, 0.5) is 11.6 Å². The van der Waals surface area contributed by atoms with Crippen molar-refractivity contribution in [3.05, 3.63) is 11.9 Å². The molecule has 6 nitrogen and oxygen atoms in total. The van der Waals surface area contributed by atoms with E-state index in [1.54, 1.807) is 0 Å². The average Bonchev–Trinajstić information content (AvgIpc) is 2.24. The van der Waals surface area contributed by atoms with Gasteiger partial charge in [0.05, 0.1) is 0 Å². The number of hydrogen-bond acceptors (Lipinski definition) is 6. The van der Waals surface area contributed by atoms with Crippen molar-refractivity contribution < 1.29 is 0 Å². The highest BCUT2D eigenvalue weighted by atomic mass is 15.1. The molecule has 1 aromatic rings. The maximum absolute atomic E-state index is 5.95. The summed E-state index contributed by atoms with van der Waals surface area (Å²) in [7, 11) is 4.09. The van der Waals surface area contributed by atoms with Crippen LogP contribution in [0.25, 0.3) is 0 Å². The SMILES string of the molecule is Cc1nc(NCCN(C)C)cc(NCC(C)(C)N)n1. The van der Waals surface area contributed by atoms with Crippen molar-refractivity contribution in [3.8, 4) is 0 Å². The predicted octanol–water partition coefficient (Wildman–Crippen LogP) is 0.908. The fourth-order valence-corrected chi connectivity index (χ4v) is 1.47. The third kappa shape index (κ3) is 6.93. The van der Waals surface area contributed by atoms with Crippen LogP contribution in [0.15, 0.2) is 6.07 Å². The van der Waals surface area contributed by atoms with Crippen molar-refractivity contribution >= 4 is 11.6 Å². The number of nitrogens with two attached hydrogens (primary N) is 1. The number of rotatable bonds is 7. The minimum Gasteiger partial charge on any atom is -0.369 e. The molecular weight excluding hydrogens is 240 g/mol. The van der Waals surface area contributed by atoms with Crippen molar-refractivity contribution in [2.24, 2.45) is 5.73 Å². The lowest BCUT2D eigenvalue weighted by Gasteiger charge is -2.19. The smallest absolute Gasteiger partial charge is 0.131 e. The van der Waals surface area contributed by atoms with Gasteiger partial charge in [-0.25, -0.2) is 9.97 Å². The van der Waals surface area contributed by atoms with E-state index in [1.165, 1.54) is 0 Å². The molecule has 0 aliphatic carbocycles. The minimum atomic E-state index is -0.266. The van der Waals surface area contributed by atoms with Crippen LogP contribution in [0.5, 0.6) is 0 Å². The van der Waals surface area contributed by atoms with Crippen LogP contribution in [-0.4, -0.2) is 54.1 Å². The number of anilines is 2. The quantitative estimate of drug-likeness (QED) is 0.681. The summed E-state index contributed by atoms with van der Waals surface area (Å²) in [5.41, 5.74) is 5.68. The molecule has 0 aliphatic heterocycles. The van der Waals surface area contributed by atoms with E-state index in [0.717, 1.165) is 30.5 Å². The molecule has 0 amide bonds. The molecule has 4 N–H and O–H groups in total. The van der Waals surface area contributed by atoms with Crippen LogP contribution in [-0.2, 0) is 0 Å². The summed E-state index contributed by atoms with van der Waals surface area (Å²) in [4.78, 5) is 10.8. The fraction of sp³-hybridized carbons (Fsp3) is 0.692. The molecule has 0 saturated carbocycles. The Morgan fingerprint density at radius 1 is 1.21 bits per heavy atom. The van der Waals surface area contributed by atoms with Gasteiger partial charge in [0.2, 0.25) is 0 Å².